The van der Waals surface area contributed by atoms with Gasteiger partial charge in [0.15, 0.2) is 11.2 Å². The SMILES string of the molecule is CCCCCCn1c(NN=C(CCC)c2ccccc2)nc2c1c(=O)[nH]c(=O)n2C. The van der Waals surface area contributed by atoms with Gasteiger partial charge >= 0.3 is 5.69 Å². The van der Waals surface area contributed by atoms with E-state index in [1.165, 1.54) is 4.57 Å². The molecule has 0 aliphatic carbocycles. The number of aromatic nitrogens is 4. The lowest BCUT2D eigenvalue weighted by Crippen LogP contribution is -2.29. The Morgan fingerprint density at radius 1 is 1.10 bits per heavy atom. The lowest BCUT2D eigenvalue weighted by Gasteiger charge is -2.10. The van der Waals surface area contributed by atoms with Crippen LogP contribution in [0, 0.1) is 0 Å². The van der Waals surface area contributed by atoms with Gasteiger partial charge in [-0.05, 0) is 18.4 Å². The summed E-state index contributed by atoms with van der Waals surface area (Å²) in [5.74, 6) is 0.470. The molecule has 0 amide bonds. The average Bonchev–Trinajstić information content (AvgIpc) is 3.12. The first-order valence-corrected chi connectivity index (χ1v) is 10.6. The summed E-state index contributed by atoms with van der Waals surface area (Å²) in [6, 6.07) is 10.00. The second-order valence-corrected chi connectivity index (χ2v) is 7.42. The highest BCUT2D eigenvalue weighted by molar-refractivity contribution is 6.00. The van der Waals surface area contributed by atoms with Crippen LogP contribution >= 0.6 is 0 Å². The second-order valence-electron chi connectivity index (χ2n) is 7.42. The Bertz CT molecular complexity index is 1120. The fourth-order valence-corrected chi connectivity index (χ4v) is 3.48. The molecular formula is C22H30N6O2. The van der Waals surface area contributed by atoms with E-state index in [2.05, 4.69) is 34.3 Å². The quantitative estimate of drug-likeness (QED) is 0.303. The van der Waals surface area contributed by atoms with E-state index in [0.29, 0.717) is 23.7 Å². The number of anilines is 1. The van der Waals surface area contributed by atoms with Crippen molar-refractivity contribution in [1.29, 1.82) is 0 Å². The number of hydrogen-bond acceptors (Lipinski definition) is 5. The van der Waals surface area contributed by atoms with Crippen molar-refractivity contribution >= 4 is 22.8 Å². The minimum absolute atomic E-state index is 0.355. The topological polar surface area (TPSA) is 97.1 Å². The molecule has 0 unspecified atom stereocenters. The van der Waals surface area contributed by atoms with Crippen molar-refractivity contribution < 1.29 is 0 Å². The van der Waals surface area contributed by atoms with Crippen LogP contribution in [-0.2, 0) is 13.6 Å². The molecule has 0 aliphatic rings. The lowest BCUT2D eigenvalue weighted by molar-refractivity contribution is 0.593. The maximum absolute atomic E-state index is 12.5. The fraction of sp³-hybridized carbons (Fsp3) is 0.455. The highest BCUT2D eigenvalue weighted by Crippen LogP contribution is 2.18. The molecule has 2 heterocycles. The number of nitrogens with zero attached hydrogens (tertiary/aromatic N) is 4. The molecule has 1 aromatic carbocycles. The number of nitrogens with one attached hydrogen (secondary N) is 2. The van der Waals surface area contributed by atoms with Crippen LogP contribution in [0.4, 0.5) is 5.95 Å². The third kappa shape index (κ3) is 4.69. The van der Waals surface area contributed by atoms with Gasteiger partial charge in [0.2, 0.25) is 5.95 Å². The molecule has 2 N–H and O–H groups in total. The normalized spacial score (nSPS) is 11.9. The van der Waals surface area contributed by atoms with Crippen LogP contribution in [0.5, 0.6) is 0 Å². The van der Waals surface area contributed by atoms with Gasteiger partial charge < -0.3 is 4.57 Å². The van der Waals surface area contributed by atoms with E-state index in [0.717, 1.165) is 49.8 Å². The van der Waals surface area contributed by atoms with E-state index < -0.39 is 11.2 Å². The molecule has 160 valence electrons. The molecule has 3 rings (SSSR count). The van der Waals surface area contributed by atoms with Gasteiger partial charge in [-0.25, -0.2) is 10.2 Å². The van der Waals surface area contributed by atoms with Crippen LogP contribution in [0.2, 0.25) is 0 Å². The number of rotatable bonds is 10. The number of hydrogen-bond donors (Lipinski definition) is 2. The Hall–Kier alpha value is -3.16. The van der Waals surface area contributed by atoms with Crippen molar-refractivity contribution in [2.75, 3.05) is 5.43 Å². The van der Waals surface area contributed by atoms with Crippen molar-refractivity contribution in [3.05, 3.63) is 56.7 Å². The summed E-state index contributed by atoms with van der Waals surface area (Å²) >= 11 is 0. The molecule has 30 heavy (non-hydrogen) atoms. The van der Waals surface area contributed by atoms with Crippen LogP contribution in [0.1, 0.15) is 57.9 Å². The van der Waals surface area contributed by atoms with E-state index in [4.69, 9.17) is 0 Å². The molecule has 0 spiro atoms. The van der Waals surface area contributed by atoms with Crippen LogP contribution < -0.4 is 16.7 Å². The highest BCUT2D eigenvalue weighted by atomic mass is 16.2. The molecule has 2 aromatic heterocycles. The van der Waals surface area contributed by atoms with Crippen LogP contribution in [0.25, 0.3) is 11.2 Å². The number of aryl methyl sites for hydroxylation is 2. The van der Waals surface area contributed by atoms with E-state index in [9.17, 15) is 9.59 Å². The average molecular weight is 411 g/mol. The molecule has 0 saturated heterocycles. The maximum atomic E-state index is 12.5. The summed E-state index contributed by atoms with van der Waals surface area (Å²) in [6.45, 7) is 4.90. The number of fused-ring (bicyclic) bond motifs is 1. The summed E-state index contributed by atoms with van der Waals surface area (Å²) in [5, 5.41) is 4.62. The molecule has 0 saturated carbocycles. The number of H-pyrrole nitrogens is 1. The molecule has 3 aromatic rings. The molecular weight excluding hydrogens is 380 g/mol. The zero-order valence-electron chi connectivity index (χ0n) is 17.9. The van der Waals surface area contributed by atoms with E-state index in [1.807, 2.05) is 34.9 Å². The Morgan fingerprint density at radius 2 is 1.87 bits per heavy atom. The van der Waals surface area contributed by atoms with Gasteiger partial charge in [-0.15, -0.1) is 0 Å². The molecule has 0 radical (unpaired) electrons. The van der Waals surface area contributed by atoms with Crippen LogP contribution in [0.15, 0.2) is 45.0 Å². The van der Waals surface area contributed by atoms with Gasteiger partial charge in [-0.1, -0.05) is 69.9 Å². The number of benzene rings is 1. The second kappa shape index (κ2) is 10.0. The fourth-order valence-electron chi connectivity index (χ4n) is 3.48. The van der Waals surface area contributed by atoms with Gasteiger partial charge in [0, 0.05) is 13.6 Å². The third-order valence-electron chi connectivity index (χ3n) is 5.13. The van der Waals surface area contributed by atoms with Gasteiger partial charge in [0.25, 0.3) is 5.56 Å². The molecule has 8 heteroatoms. The summed E-state index contributed by atoms with van der Waals surface area (Å²) in [6.07, 6.45) is 6.02. The first-order valence-electron chi connectivity index (χ1n) is 10.6. The summed E-state index contributed by atoms with van der Waals surface area (Å²) < 4.78 is 3.19. The minimum atomic E-state index is -0.478. The maximum Gasteiger partial charge on any atom is 0.329 e. The van der Waals surface area contributed by atoms with Crippen molar-refractivity contribution in [3.63, 3.8) is 0 Å². The van der Waals surface area contributed by atoms with E-state index >= 15 is 0 Å². The molecule has 0 bridgehead atoms. The van der Waals surface area contributed by atoms with Crippen LogP contribution in [-0.4, -0.2) is 24.8 Å². The van der Waals surface area contributed by atoms with Gasteiger partial charge in [-0.2, -0.15) is 10.1 Å². The number of aromatic amines is 1. The van der Waals surface area contributed by atoms with E-state index in [-0.39, 0.29) is 0 Å². The van der Waals surface area contributed by atoms with E-state index in [1.54, 1.807) is 7.05 Å². The smallest absolute Gasteiger partial charge is 0.303 e. The first kappa shape index (κ1) is 21.5. The Labute approximate surface area is 175 Å². The zero-order chi connectivity index (χ0) is 21.5. The first-order chi connectivity index (χ1) is 14.6. The Morgan fingerprint density at radius 3 is 2.57 bits per heavy atom. The standard InChI is InChI=1S/C22H30N6O2/c1-4-6-7-11-15-28-18-19(27(3)22(30)24-20(18)29)23-21(28)26-25-17(12-5-2)16-13-9-8-10-14-16/h8-10,13-14H,4-7,11-12,15H2,1-3H3,(H,23,26)(H,24,29,30). The molecule has 0 aliphatic heterocycles. The molecule has 0 fully saturated rings. The number of unbranched alkanes of at least 4 members (excludes halogenated alkanes) is 3. The zero-order valence-corrected chi connectivity index (χ0v) is 17.9. The van der Waals surface area contributed by atoms with Crippen molar-refractivity contribution in [1.82, 2.24) is 19.1 Å². The largest absolute Gasteiger partial charge is 0.329 e. The monoisotopic (exact) mass is 410 g/mol. The lowest BCUT2D eigenvalue weighted by atomic mass is 10.1. The Kier molecular flexibility index (Phi) is 7.21. The van der Waals surface area contributed by atoms with Crippen molar-refractivity contribution in [2.24, 2.45) is 12.1 Å². The van der Waals surface area contributed by atoms with Crippen molar-refractivity contribution in [3.8, 4) is 0 Å². The summed E-state index contributed by atoms with van der Waals surface area (Å²) in [7, 11) is 1.61. The van der Waals surface area contributed by atoms with Crippen molar-refractivity contribution in [2.45, 2.75) is 58.9 Å². The highest BCUT2D eigenvalue weighted by Gasteiger charge is 2.17. The molecule has 8 nitrogen and oxygen atoms in total. The summed E-state index contributed by atoms with van der Waals surface area (Å²) in [4.78, 5) is 31.5. The van der Waals surface area contributed by atoms with Gasteiger partial charge in [0.05, 0.1) is 5.71 Å². The molecule has 0 atom stereocenters. The third-order valence-corrected chi connectivity index (χ3v) is 5.13. The number of imidazole rings is 1. The minimum Gasteiger partial charge on any atom is -0.303 e. The predicted octanol–water partition coefficient (Wildman–Crippen LogP) is 3.62. The van der Waals surface area contributed by atoms with Crippen LogP contribution in [0.3, 0.4) is 0 Å². The summed E-state index contributed by atoms with van der Waals surface area (Å²) in [5.41, 5.74) is 4.88. The Balaban J connectivity index is 2.02. The predicted molar refractivity (Wildman–Crippen MR) is 121 cm³/mol. The van der Waals surface area contributed by atoms with Gasteiger partial charge in [-0.3, -0.25) is 14.3 Å². The number of hydrazone groups is 1. The van der Waals surface area contributed by atoms with Gasteiger partial charge in [0.1, 0.15) is 0 Å².